The van der Waals surface area contributed by atoms with E-state index in [-0.39, 0.29) is 18.9 Å². The number of fused-ring (bicyclic) bond motifs is 2. The van der Waals surface area contributed by atoms with Crippen LogP contribution in [0.5, 0.6) is 11.5 Å². The second-order valence-electron chi connectivity index (χ2n) is 7.09. The number of nitrogens with one attached hydrogen (secondary N) is 2. The summed E-state index contributed by atoms with van der Waals surface area (Å²) in [7, 11) is 6.08. The van der Waals surface area contributed by atoms with Crippen molar-refractivity contribution in [3.8, 4) is 11.5 Å². The zero-order chi connectivity index (χ0) is 19.7. The van der Waals surface area contributed by atoms with E-state index in [0.29, 0.717) is 23.7 Å². The highest BCUT2D eigenvalue weighted by Gasteiger charge is 2.20. The number of ether oxygens (including phenoxy) is 2. The summed E-state index contributed by atoms with van der Waals surface area (Å²) in [5.74, 6) is 1.33. The van der Waals surface area contributed by atoms with E-state index >= 15 is 0 Å². The number of anilines is 1. The normalized spacial score (nSPS) is 13.7. The van der Waals surface area contributed by atoms with Crippen molar-refractivity contribution in [1.82, 2.24) is 14.8 Å². The Balaban J connectivity index is 1.46. The second kappa shape index (κ2) is 7.44. The number of rotatable bonds is 5. The van der Waals surface area contributed by atoms with Gasteiger partial charge in [0.1, 0.15) is 0 Å². The van der Waals surface area contributed by atoms with E-state index in [1.54, 1.807) is 18.2 Å². The Bertz CT molecular complexity index is 1010. The van der Waals surface area contributed by atoms with Gasteiger partial charge in [0.2, 0.25) is 6.79 Å². The van der Waals surface area contributed by atoms with Crippen LogP contribution in [0.2, 0.25) is 0 Å². The summed E-state index contributed by atoms with van der Waals surface area (Å²) in [6, 6.07) is 13.4. The van der Waals surface area contributed by atoms with Gasteiger partial charge in [0.15, 0.2) is 11.5 Å². The molecule has 28 heavy (non-hydrogen) atoms. The maximum Gasteiger partial charge on any atom is 0.319 e. The molecule has 146 valence electrons. The molecule has 0 bridgehead atoms. The lowest BCUT2D eigenvalue weighted by Crippen LogP contribution is -2.36. The predicted octanol–water partition coefficient (Wildman–Crippen LogP) is 3.33. The number of nitrogens with zero attached hydrogens (tertiary/aromatic N) is 2. The number of aromatic nitrogens is 1. The molecule has 0 aliphatic carbocycles. The van der Waals surface area contributed by atoms with Gasteiger partial charge >= 0.3 is 6.03 Å². The lowest BCUT2D eigenvalue weighted by Gasteiger charge is -2.24. The zero-order valence-corrected chi connectivity index (χ0v) is 16.2. The summed E-state index contributed by atoms with van der Waals surface area (Å²) in [4.78, 5) is 14.5. The first-order valence-electron chi connectivity index (χ1n) is 9.18. The number of benzene rings is 2. The minimum absolute atomic E-state index is 0.0496. The number of urea groups is 1. The van der Waals surface area contributed by atoms with Crippen molar-refractivity contribution in [2.24, 2.45) is 7.05 Å². The summed E-state index contributed by atoms with van der Waals surface area (Å²) in [5.41, 5.74) is 3.02. The first-order chi connectivity index (χ1) is 13.5. The van der Waals surface area contributed by atoms with Crippen molar-refractivity contribution >= 4 is 22.6 Å². The molecule has 4 rings (SSSR count). The van der Waals surface area contributed by atoms with E-state index in [1.807, 2.05) is 33.3 Å². The third kappa shape index (κ3) is 3.48. The van der Waals surface area contributed by atoms with Crippen LogP contribution in [-0.4, -0.2) is 42.9 Å². The number of para-hydroxylation sites is 1. The SMILES string of the molecule is CN(C)C(CNC(=O)Nc1ccc2c(c1)OCO2)c1cn(C)c2ccccc12. The maximum atomic E-state index is 12.4. The van der Waals surface area contributed by atoms with Crippen molar-refractivity contribution in [3.05, 3.63) is 54.2 Å². The van der Waals surface area contributed by atoms with Crippen LogP contribution in [0.3, 0.4) is 0 Å². The molecule has 1 aliphatic heterocycles. The Hall–Kier alpha value is -3.19. The topological polar surface area (TPSA) is 67.8 Å². The molecule has 2 N–H and O–H groups in total. The number of amides is 2. The van der Waals surface area contributed by atoms with Gasteiger partial charge in [0.25, 0.3) is 0 Å². The van der Waals surface area contributed by atoms with Crippen LogP contribution in [-0.2, 0) is 7.05 Å². The molecule has 0 spiro atoms. The summed E-state index contributed by atoms with van der Waals surface area (Å²) < 4.78 is 12.8. The number of carbonyl (C=O) groups is 1. The molecule has 3 aromatic rings. The Kier molecular flexibility index (Phi) is 4.83. The quantitative estimate of drug-likeness (QED) is 0.712. The van der Waals surface area contributed by atoms with Crippen molar-refractivity contribution in [2.75, 3.05) is 32.7 Å². The zero-order valence-electron chi connectivity index (χ0n) is 16.2. The fourth-order valence-corrected chi connectivity index (χ4v) is 3.55. The number of hydrogen-bond acceptors (Lipinski definition) is 4. The van der Waals surface area contributed by atoms with Gasteiger partial charge in [-0.05, 0) is 37.9 Å². The van der Waals surface area contributed by atoms with Crippen LogP contribution in [0.25, 0.3) is 10.9 Å². The average Bonchev–Trinajstić information content (AvgIpc) is 3.26. The molecular weight excluding hydrogens is 356 g/mol. The Morgan fingerprint density at radius 1 is 1.18 bits per heavy atom. The largest absolute Gasteiger partial charge is 0.454 e. The molecule has 0 saturated heterocycles. The average molecular weight is 380 g/mol. The van der Waals surface area contributed by atoms with Crippen molar-refractivity contribution in [1.29, 1.82) is 0 Å². The van der Waals surface area contributed by atoms with Gasteiger partial charge in [-0.15, -0.1) is 0 Å². The lowest BCUT2D eigenvalue weighted by atomic mass is 10.0. The van der Waals surface area contributed by atoms with E-state index in [9.17, 15) is 4.79 Å². The minimum atomic E-state index is -0.258. The molecule has 0 radical (unpaired) electrons. The summed E-state index contributed by atoms with van der Waals surface area (Å²) in [6.07, 6.45) is 2.13. The first-order valence-corrected chi connectivity index (χ1v) is 9.18. The number of carbonyl (C=O) groups excluding carboxylic acids is 1. The molecule has 7 heteroatoms. The number of aryl methyl sites for hydroxylation is 1. The van der Waals surface area contributed by atoms with Crippen molar-refractivity contribution in [3.63, 3.8) is 0 Å². The molecule has 1 atom stereocenters. The van der Waals surface area contributed by atoms with Gasteiger partial charge in [-0.1, -0.05) is 18.2 Å². The molecular formula is C21H24N4O3. The number of hydrogen-bond donors (Lipinski definition) is 2. The van der Waals surface area contributed by atoms with E-state index in [2.05, 4.69) is 38.4 Å². The second-order valence-corrected chi connectivity index (χ2v) is 7.09. The standard InChI is InChI=1S/C21H24N4O3/c1-24(2)18(16-12-25(3)17-7-5-4-6-15(16)17)11-22-21(26)23-14-8-9-19-20(10-14)28-13-27-19/h4-10,12,18H,11,13H2,1-3H3,(H2,22,23,26). The smallest absolute Gasteiger partial charge is 0.319 e. The third-order valence-corrected chi connectivity index (χ3v) is 5.00. The van der Waals surface area contributed by atoms with Crippen molar-refractivity contribution in [2.45, 2.75) is 6.04 Å². The summed E-state index contributed by atoms with van der Waals surface area (Å²) in [5, 5.41) is 7.03. The third-order valence-electron chi connectivity index (χ3n) is 5.00. The lowest BCUT2D eigenvalue weighted by molar-refractivity contribution is 0.174. The Labute approximate surface area is 163 Å². The van der Waals surface area contributed by atoms with Crippen LogP contribution in [0.4, 0.5) is 10.5 Å². The van der Waals surface area contributed by atoms with Gasteiger partial charge in [-0.3, -0.25) is 0 Å². The van der Waals surface area contributed by atoms with E-state index < -0.39 is 0 Å². The van der Waals surface area contributed by atoms with Crippen LogP contribution < -0.4 is 20.1 Å². The first kappa shape index (κ1) is 18.2. The minimum Gasteiger partial charge on any atom is -0.454 e. The van der Waals surface area contributed by atoms with Crippen molar-refractivity contribution < 1.29 is 14.3 Å². The Morgan fingerprint density at radius 2 is 1.96 bits per heavy atom. The molecule has 2 heterocycles. The monoisotopic (exact) mass is 380 g/mol. The highest BCUT2D eigenvalue weighted by atomic mass is 16.7. The molecule has 0 fully saturated rings. The van der Waals surface area contributed by atoms with Crippen LogP contribution in [0, 0.1) is 0 Å². The van der Waals surface area contributed by atoms with Gasteiger partial charge in [0.05, 0.1) is 6.04 Å². The van der Waals surface area contributed by atoms with Gasteiger partial charge in [-0.25, -0.2) is 4.79 Å². The Morgan fingerprint density at radius 3 is 2.79 bits per heavy atom. The molecule has 2 aromatic carbocycles. The summed E-state index contributed by atoms with van der Waals surface area (Å²) in [6.45, 7) is 0.692. The molecule has 1 aliphatic rings. The fourth-order valence-electron chi connectivity index (χ4n) is 3.55. The summed E-state index contributed by atoms with van der Waals surface area (Å²) >= 11 is 0. The molecule has 1 unspecified atom stereocenters. The van der Waals surface area contributed by atoms with Crippen LogP contribution in [0.15, 0.2) is 48.7 Å². The van der Waals surface area contributed by atoms with Gasteiger partial charge in [-0.2, -0.15) is 0 Å². The maximum absolute atomic E-state index is 12.4. The highest BCUT2D eigenvalue weighted by Crippen LogP contribution is 2.34. The number of likely N-dealkylation sites (N-methyl/N-ethyl adjacent to an activating group) is 1. The van der Waals surface area contributed by atoms with Crippen LogP contribution >= 0.6 is 0 Å². The molecule has 1 aromatic heterocycles. The van der Waals surface area contributed by atoms with Gasteiger partial charge in [0, 0.05) is 42.4 Å². The van der Waals surface area contributed by atoms with E-state index in [1.165, 1.54) is 16.5 Å². The van der Waals surface area contributed by atoms with E-state index in [4.69, 9.17) is 9.47 Å². The molecule has 2 amide bonds. The predicted molar refractivity (Wildman–Crippen MR) is 109 cm³/mol. The van der Waals surface area contributed by atoms with E-state index in [0.717, 1.165) is 0 Å². The van der Waals surface area contributed by atoms with Crippen LogP contribution in [0.1, 0.15) is 11.6 Å². The highest BCUT2D eigenvalue weighted by molar-refractivity contribution is 5.90. The molecule has 0 saturated carbocycles. The van der Waals surface area contributed by atoms with Gasteiger partial charge < -0.3 is 29.6 Å². The fraction of sp³-hybridized carbons (Fsp3) is 0.286. The molecule has 7 nitrogen and oxygen atoms in total.